The van der Waals surface area contributed by atoms with Crippen LogP contribution in [0, 0.1) is 0 Å². The predicted octanol–water partition coefficient (Wildman–Crippen LogP) is 2.57. The van der Waals surface area contributed by atoms with Gasteiger partial charge in [-0.15, -0.1) is 35.3 Å². The van der Waals surface area contributed by atoms with Gasteiger partial charge in [-0.25, -0.2) is 0 Å². The van der Waals surface area contributed by atoms with Gasteiger partial charge in [0.15, 0.2) is 5.96 Å². The van der Waals surface area contributed by atoms with Crippen molar-refractivity contribution in [2.75, 3.05) is 77.0 Å². The highest BCUT2D eigenvalue weighted by molar-refractivity contribution is 14.0. The van der Waals surface area contributed by atoms with Gasteiger partial charge in [-0.05, 0) is 43.8 Å². The molecule has 3 rings (SSSR count). The number of nitrogens with one attached hydrogen (secondary N) is 1. The highest BCUT2D eigenvalue weighted by atomic mass is 127. The summed E-state index contributed by atoms with van der Waals surface area (Å²) >= 11 is 1.83. The summed E-state index contributed by atoms with van der Waals surface area (Å²) in [6.45, 7) is 13.3. The number of ether oxygens (including phenoxy) is 1. The summed E-state index contributed by atoms with van der Waals surface area (Å²) in [5.41, 5.74) is 0. The second-order valence-corrected chi connectivity index (χ2v) is 7.75. The standard InChI is InChI=1S/C19H33N5OS.HI/c1-2-20-19(21-7-3-4-8-22-13-15-25-16-14-22)24-11-9-23(10-12-24)18-6-5-17-26-18;/h5-6,17H,2-4,7-16H2,1H3,(H,20,21);1H. The Balaban J connectivity index is 0.00000261. The fraction of sp³-hybridized carbons (Fsp3) is 0.737. The molecule has 1 N–H and O–H groups in total. The van der Waals surface area contributed by atoms with Crippen LogP contribution in [0.5, 0.6) is 0 Å². The lowest BCUT2D eigenvalue weighted by molar-refractivity contribution is 0.0373. The van der Waals surface area contributed by atoms with E-state index in [1.807, 2.05) is 11.3 Å². The summed E-state index contributed by atoms with van der Waals surface area (Å²) in [7, 11) is 0. The van der Waals surface area contributed by atoms with Gasteiger partial charge < -0.3 is 19.9 Å². The summed E-state index contributed by atoms with van der Waals surface area (Å²) in [5.74, 6) is 1.09. The molecular formula is C19H34IN5OS. The third kappa shape index (κ3) is 7.40. The number of aliphatic imine (C=N–C) groups is 1. The van der Waals surface area contributed by atoms with Crippen LogP contribution in [-0.2, 0) is 4.74 Å². The Labute approximate surface area is 185 Å². The molecule has 27 heavy (non-hydrogen) atoms. The van der Waals surface area contributed by atoms with Crippen LogP contribution in [0.4, 0.5) is 5.00 Å². The van der Waals surface area contributed by atoms with Crippen LogP contribution in [0.2, 0.25) is 0 Å². The fourth-order valence-corrected chi connectivity index (χ4v) is 4.26. The van der Waals surface area contributed by atoms with Crippen molar-refractivity contribution in [2.24, 2.45) is 4.99 Å². The average Bonchev–Trinajstić information content (AvgIpc) is 3.23. The lowest BCUT2D eigenvalue weighted by atomic mass is 10.3. The van der Waals surface area contributed by atoms with Crippen LogP contribution < -0.4 is 10.2 Å². The number of hydrogen-bond donors (Lipinski definition) is 1. The summed E-state index contributed by atoms with van der Waals surface area (Å²) in [5, 5.41) is 7.02. The van der Waals surface area contributed by atoms with Crippen LogP contribution in [0.15, 0.2) is 22.5 Å². The monoisotopic (exact) mass is 507 g/mol. The largest absolute Gasteiger partial charge is 0.379 e. The van der Waals surface area contributed by atoms with Gasteiger partial charge in [0.2, 0.25) is 0 Å². The first-order valence-corrected chi connectivity index (χ1v) is 10.9. The number of nitrogens with zero attached hydrogens (tertiary/aromatic N) is 4. The van der Waals surface area contributed by atoms with Crippen LogP contribution in [0.25, 0.3) is 0 Å². The quantitative estimate of drug-likeness (QED) is 0.266. The molecule has 1 aromatic heterocycles. The maximum atomic E-state index is 5.40. The van der Waals surface area contributed by atoms with Gasteiger partial charge in [0.1, 0.15) is 0 Å². The highest BCUT2D eigenvalue weighted by Crippen LogP contribution is 2.22. The number of hydrogen-bond acceptors (Lipinski definition) is 5. The van der Waals surface area contributed by atoms with E-state index in [2.05, 4.69) is 44.5 Å². The van der Waals surface area contributed by atoms with Gasteiger partial charge in [-0.3, -0.25) is 9.89 Å². The number of guanidine groups is 1. The SMILES string of the molecule is CCNC(=NCCCCN1CCOCC1)N1CCN(c2cccs2)CC1.I. The molecule has 2 fully saturated rings. The van der Waals surface area contributed by atoms with Crippen molar-refractivity contribution in [3.05, 3.63) is 17.5 Å². The molecule has 3 heterocycles. The van der Waals surface area contributed by atoms with Crippen LogP contribution >= 0.6 is 35.3 Å². The van der Waals surface area contributed by atoms with E-state index >= 15 is 0 Å². The molecule has 2 aliphatic rings. The summed E-state index contributed by atoms with van der Waals surface area (Å²) in [6.07, 6.45) is 2.37. The molecule has 0 aliphatic carbocycles. The van der Waals surface area contributed by atoms with Crippen molar-refractivity contribution in [3.63, 3.8) is 0 Å². The van der Waals surface area contributed by atoms with E-state index < -0.39 is 0 Å². The van der Waals surface area contributed by atoms with Gasteiger partial charge in [-0.2, -0.15) is 0 Å². The number of rotatable bonds is 7. The van der Waals surface area contributed by atoms with E-state index in [1.54, 1.807) is 0 Å². The zero-order valence-corrected chi connectivity index (χ0v) is 19.6. The molecule has 8 heteroatoms. The van der Waals surface area contributed by atoms with E-state index in [0.717, 1.165) is 78.0 Å². The Morgan fingerprint density at radius 3 is 2.59 bits per heavy atom. The van der Waals surface area contributed by atoms with Crippen molar-refractivity contribution in [1.29, 1.82) is 0 Å². The van der Waals surface area contributed by atoms with E-state index in [9.17, 15) is 0 Å². The third-order valence-corrected chi connectivity index (χ3v) is 5.91. The molecule has 2 saturated heterocycles. The molecule has 154 valence electrons. The average molecular weight is 507 g/mol. The van der Waals surface area contributed by atoms with Gasteiger partial charge in [-0.1, -0.05) is 0 Å². The number of halogens is 1. The van der Waals surface area contributed by atoms with E-state index in [-0.39, 0.29) is 24.0 Å². The van der Waals surface area contributed by atoms with Crippen molar-refractivity contribution in [2.45, 2.75) is 19.8 Å². The number of morpholine rings is 1. The zero-order valence-electron chi connectivity index (χ0n) is 16.4. The van der Waals surface area contributed by atoms with Crippen molar-refractivity contribution in [3.8, 4) is 0 Å². The molecule has 0 atom stereocenters. The molecule has 0 radical (unpaired) electrons. The molecule has 0 saturated carbocycles. The van der Waals surface area contributed by atoms with E-state index in [0.29, 0.717) is 0 Å². The molecule has 1 aromatic rings. The minimum absolute atomic E-state index is 0. The van der Waals surface area contributed by atoms with Gasteiger partial charge in [0, 0.05) is 52.4 Å². The first-order valence-electron chi connectivity index (χ1n) is 9.98. The van der Waals surface area contributed by atoms with Gasteiger partial charge in [0.25, 0.3) is 0 Å². The second-order valence-electron chi connectivity index (χ2n) is 6.82. The summed E-state index contributed by atoms with van der Waals surface area (Å²) in [4.78, 5) is 12.3. The first kappa shape index (κ1) is 22.7. The Morgan fingerprint density at radius 2 is 1.93 bits per heavy atom. The molecule has 0 spiro atoms. The zero-order chi connectivity index (χ0) is 18.0. The van der Waals surface area contributed by atoms with Crippen molar-refractivity contribution < 1.29 is 4.74 Å². The normalized spacial score (nSPS) is 19.1. The summed E-state index contributed by atoms with van der Waals surface area (Å²) < 4.78 is 5.40. The van der Waals surface area contributed by atoms with Crippen molar-refractivity contribution in [1.82, 2.24) is 15.1 Å². The number of unbranched alkanes of at least 4 members (excludes halogenated alkanes) is 1. The van der Waals surface area contributed by atoms with Crippen molar-refractivity contribution >= 4 is 46.3 Å². The Hall–Kier alpha value is -0.580. The number of thiophene rings is 1. The number of anilines is 1. The highest BCUT2D eigenvalue weighted by Gasteiger charge is 2.20. The molecule has 0 bridgehead atoms. The molecule has 0 aromatic carbocycles. The number of piperazine rings is 1. The van der Waals surface area contributed by atoms with Gasteiger partial charge >= 0.3 is 0 Å². The minimum atomic E-state index is 0. The smallest absolute Gasteiger partial charge is 0.194 e. The molecule has 6 nitrogen and oxygen atoms in total. The molecule has 2 aliphatic heterocycles. The van der Waals surface area contributed by atoms with E-state index in [4.69, 9.17) is 9.73 Å². The molecule has 0 unspecified atom stereocenters. The van der Waals surface area contributed by atoms with Crippen LogP contribution in [0.1, 0.15) is 19.8 Å². The Kier molecular flexibility index (Phi) is 10.8. The Bertz CT molecular complexity index is 528. The summed E-state index contributed by atoms with van der Waals surface area (Å²) in [6, 6.07) is 4.35. The Morgan fingerprint density at radius 1 is 1.15 bits per heavy atom. The lowest BCUT2D eigenvalue weighted by Gasteiger charge is -2.37. The predicted molar refractivity (Wildman–Crippen MR) is 126 cm³/mol. The van der Waals surface area contributed by atoms with E-state index in [1.165, 1.54) is 18.0 Å². The minimum Gasteiger partial charge on any atom is -0.379 e. The van der Waals surface area contributed by atoms with Crippen LogP contribution in [0.3, 0.4) is 0 Å². The second kappa shape index (κ2) is 12.8. The molecular weight excluding hydrogens is 473 g/mol. The topological polar surface area (TPSA) is 43.3 Å². The third-order valence-electron chi connectivity index (χ3n) is 4.98. The lowest BCUT2D eigenvalue weighted by Crippen LogP contribution is -2.52. The first-order chi connectivity index (χ1) is 12.9. The maximum Gasteiger partial charge on any atom is 0.194 e. The van der Waals surface area contributed by atoms with Gasteiger partial charge in [0.05, 0.1) is 18.2 Å². The molecule has 0 amide bonds. The fourth-order valence-electron chi connectivity index (χ4n) is 3.47. The van der Waals surface area contributed by atoms with Crippen LogP contribution in [-0.4, -0.2) is 87.9 Å². The maximum absolute atomic E-state index is 5.40.